The Labute approximate surface area is 368 Å². The molecule has 61 heavy (non-hydrogen) atoms. The van der Waals surface area contributed by atoms with Gasteiger partial charge in [-0.1, -0.05) is 172 Å². The first-order valence-electron chi connectivity index (χ1n) is 17.3. The van der Waals surface area contributed by atoms with E-state index in [-0.39, 0.29) is 20.4 Å². The molecule has 0 saturated heterocycles. The minimum atomic E-state index is -11.2. The van der Waals surface area contributed by atoms with Gasteiger partial charge < -0.3 is 0 Å². The van der Waals surface area contributed by atoms with E-state index in [4.69, 9.17) is 10.5 Å². The van der Waals surface area contributed by atoms with Crippen molar-refractivity contribution in [2.75, 3.05) is 0 Å². The van der Waals surface area contributed by atoms with Crippen LogP contribution in [0.5, 0.6) is 0 Å². The first kappa shape index (κ1) is 55.6. The predicted octanol–water partition coefficient (Wildman–Crippen LogP) is 13.4. The number of hydrogen-bond donors (Lipinski definition) is 0. The summed E-state index contributed by atoms with van der Waals surface area (Å²) >= 11 is -22.5. The van der Waals surface area contributed by atoms with Crippen molar-refractivity contribution in [2.45, 2.75) is 25.2 Å². The van der Waals surface area contributed by atoms with Crippen LogP contribution < -0.4 is 21.2 Å². The molecule has 0 radical (unpaired) electrons. The van der Waals surface area contributed by atoms with Gasteiger partial charge in [0.2, 0.25) is 0 Å². The van der Waals surface area contributed by atoms with Crippen LogP contribution >= 0.6 is 15.8 Å². The predicted molar refractivity (Wildman–Crippen MR) is 224 cm³/mol. The molecule has 0 amide bonds. The Kier molecular flexibility index (Phi) is 20.3. The quantitative estimate of drug-likeness (QED) is 0.0908. The molecule has 2 atom stereocenters. The maximum Gasteiger partial charge on any atom is 2.00 e. The molecular formula is C42H38F12N2P2PdSb2. The summed E-state index contributed by atoms with van der Waals surface area (Å²) in [5.41, 5.74) is 2.53. The van der Waals surface area contributed by atoms with Crippen LogP contribution in [0.15, 0.2) is 182 Å². The molecule has 0 aliphatic carbocycles. The van der Waals surface area contributed by atoms with Crippen molar-refractivity contribution in [3.05, 3.63) is 193 Å². The van der Waals surface area contributed by atoms with Gasteiger partial charge in [-0.25, -0.2) is 0 Å². The number of benzene rings is 6. The summed E-state index contributed by atoms with van der Waals surface area (Å²) in [6.07, 6.45) is 0. The van der Waals surface area contributed by atoms with Crippen molar-refractivity contribution in [2.24, 2.45) is 0 Å². The molecule has 2 nitrogen and oxygen atoms in total. The average molecular weight is 1210 g/mol. The molecule has 19 heteroatoms. The van der Waals surface area contributed by atoms with Crippen molar-refractivity contribution < 1.29 is 54.2 Å². The van der Waals surface area contributed by atoms with Crippen molar-refractivity contribution in [1.82, 2.24) is 0 Å². The molecular weight excluding hydrogens is 1170 g/mol. The van der Waals surface area contributed by atoms with Crippen molar-refractivity contribution in [3.63, 3.8) is 0 Å². The molecule has 0 spiro atoms. The number of halogens is 12. The van der Waals surface area contributed by atoms with Crippen LogP contribution in [0.4, 0.5) is 33.8 Å². The van der Waals surface area contributed by atoms with Gasteiger partial charge in [-0.05, 0) is 72.6 Å². The molecule has 6 aromatic carbocycles. The van der Waals surface area contributed by atoms with Gasteiger partial charge in [0, 0.05) is 0 Å². The Morgan fingerprint density at radius 2 is 0.492 bits per heavy atom. The Morgan fingerprint density at radius 1 is 0.344 bits per heavy atom. The number of rotatable bonds is 7. The van der Waals surface area contributed by atoms with E-state index in [1.165, 1.54) is 21.2 Å². The molecule has 0 N–H and O–H groups in total. The summed E-state index contributed by atoms with van der Waals surface area (Å²) in [5, 5.41) is 22.4. The number of nitrogens with zero attached hydrogens (tertiary/aromatic N) is 2. The standard InChI is InChI=1S/C28H28P2.2C7H5N.12FH.Pd.2Sb/c1-23(29(25-15-7-3-8-16-25)26-17-9-4-10-18-26)24(2)30(27-19-11-5-12-20-27)28-21-13-6-14-22-28;2*8-6-7-4-2-1-3-5-7;;;;;;;;;;;;;;;/h3-24H,1-2H3;2*1-5H;12*1H;;;/q;;;;;;;;;;;;;;;+2;2*+5/p-12/t23-,24-;;;;;;;;;;;;;;;;;/m1................./s1. The topological polar surface area (TPSA) is 47.6 Å². The minimum absolute atomic E-state index is 0. The molecule has 0 aromatic heterocycles. The molecule has 0 aliphatic heterocycles. The van der Waals surface area contributed by atoms with Gasteiger partial charge in [0.25, 0.3) is 0 Å². The van der Waals surface area contributed by atoms with Crippen LogP contribution in [0.2, 0.25) is 0 Å². The summed E-state index contributed by atoms with van der Waals surface area (Å²) in [6, 6.07) is 66.8. The smallest absolute Gasteiger partial charge is 2.00 e. The van der Waals surface area contributed by atoms with E-state index in [9.17, 15) is 33.8 Å². The summed E-state index contributed by atoms with van der Waals surface area (Å²) in [4.78, 5) is 0. The van der Waals surface area contributed by atoms with Gasteiger partial charge in [0.1, 0.15) is 0 Å². The second-order valence-electron chi connectivity index (χ2n) is 12.4. The van der Waals surface area contributed by atoms with Crippen molar-refractivity contribution in [1.29, 1.82) is 10.5 Å². The summed E-state index contributed by atoms with van der Waals surface area (Å²) in [5.74, 6) is 0. The zero-order chi connectivity index (χ0) is 45.2. The average Bonchev–Trinajstić information content (AvgIpc) is 3.18. The maximum absolute atomic E-state index is 11.2. The molecule has 0 unspecified atom stereocenters. The van der Waals surface area contributed by atoms with Gasteiger partial charge in [-0.3, -0.25) is 0 Å². The second-order valence-corrected chi connectivity index (χ2v) is 28.6. The largest absolute Gasteiger partial charge is 2.00 e. The van der Waals surface area contributed by atoms with Crippen LogP contribution in [0.25, 0.3) is 0 Å². The summed E-state index contributed by atoms with van der Waals surface area (Å²) in [7, 11) is -0.897. The van der Waals surface area contributed by atoms with Crippen molar-refractivity contribution in [3.8, 4) is 12.1 Å². The minimum Gasteiger partial charge on any atom is 2.00 e. The van der Waals surface area contributed by atoms with E-state index in [2.05, 4.69) is 135 Å². The summed E-state index contributed by atoms with van der Waals surface area (Å²) < 4.78 is 119. The molecule has 0 saturated carbocycles. The molecule has 6 aromatic rings. The number of nitriles is 2. The van der Waals surface area contributed by atoms with Gasteiger partial charge in [0.05, 0.1) is 23.3 Å². The van der Waals surface area contributed by atoms with Crippen LogP contribution in [0, 0.1) is 22.7 Å². The Morgan fingerprint density at radius 3 is 0.623 bits per heavy atom. The third kappa shape index (κ3) is 28.8. The van der Waals surface area contributed by atoms with Crippen molar-refractivity contribution >= 4 is 76.0 Å². The SMILES string of the molecule is C[C@H]([C@@H](C)P(c1ccccc1)c1ccccc1)P(c1ccccc1)c1ccccc1.N#Cc1ccccc1.N#Cc1ccccc1.[F][Sb-]([F])([F])([F])([F])[F].[F][Sb-]([F])([F])([F])([F])[F].[Pd+2]. The van der Waals surface area contributed by atoms with E-state index in [0.717, 1.165) is 0 Å². The molecule has 6 rings (SSSR count). The fourth-order valence-corrected chi connectivity index (χ4v) is 11.2. The van der Waals surface area contributed by atoms with E-state index in [1.54, 1.807) is 24.3 Å². The maximum atomic E-state index is 9.93. The third-order valence-electron chi connectivity index (χ3n) is 7.46. The Balaban J connectivity index is 0.000000485. The number of hydrogen-bond acceptors (Lipinski definition) is 2. The molecule has 0 aliphatic rings. The fraction of sp³-hybridized carbons (Fsp3) is 0.0952. The molecule has 0 heterocycles. The van der Waals surface area contributed by atoms with E-state index < -0.39 is 54.8 Å². The first-order valence-corrected chi connectivity index (χ1v) is 31.7. The van der Waals surface area contributed by atoms with E-state index >= 15 is 0 Å². The van der Waals surface area contributed by atoms with Crippen LogP contribution in [-0.4, -0.2) is 50.3 Å². The Bertz CT molecular complexity index is 1990. The zero-order valence-corrected chi connectivity index (χ0v) is 40.5. The Hall–Kier alpha value is -3.38. The van der Waals surface area contributed by atoms with E-state index in [1.807, 2.05) is 48.5 Å². The normalized spacial score (nSPS) is 13.9. The summed E-state index contributed by atoms with van der Waals surface area (Å²) in [6.45, 7) is 4.94. The fourth-order valence-electron chi connectivity index (χ4n) is 5.05. The van der Waals surface area contributed by atoms with Crippen LogP contribution in [-0.2, 0) is 20.4 Å². The van der Waals surface area contributed by atoms with Crippen LogP contribution in [0.3, 0.4) is 0 Å². The molecule has 0 fully saturated rings. The van der Waals surface area contributed by atoms with Gasteiger partial charge in [0.15, 0.2) is 0 Å². The van der Waals surface area contributed by atoms with Gasteiger partial charge in [-0.2, -0.15) is 10.5 Å². The monoisotopic (exact) mass is 1210 g/mol. The molecule has 330 valence electrons. The first-order chi connectivity index (χ1) is 27.5. The van der Waals surface area contributed by atoms with Gasteiger partial charge >= 0.3 is 93.1 Å². The zero-order valence-electron chi connectivity index (χ0n) is 32.0. The molecule has 0 bridgehead atoms. The van der Waals surface area contributed by atoms with Crippen LogP contribution in [0.1, 0.15) is 25.0 Å². The second kappa shape index (κ2) is 22.3. The third-order valence-corrected chi connectivity index (χ3v) is 13.6. The van der Waals surface area contributed by atoms with E-state index in [0.29, 0.717) is 22.4 Å². The van der Waals surface area contributed by atoms with Gasteiger partial charge in [-0.15, -0.1) is 0 Å².